The second-order valence-corrected chi connectivity index (χ2v) is 8.09. The molecule has 9 heteroatoms. The largest absolute Gasteiger partial charge is 0.342 e. The minimum absolute atomic E-state index is 0.0815. The normalized spacial score (nSPS) is 11.2. The maximum absolute atomic E-state index is 13.8. The van der Waals surface area contributed by atoms with Crippen LogP contribution in [0.25, 0.3) is 20.4 Å². The Bertz CT molecular complexity index is 1130. The fraction of sp³-hybridized carbons (Fsp3) is 0.118. The van der Waals surface area contributed by atoms with Crippen LogP contribution in [0.2, 0.25) is 5.02 Å². The number of aromatic nitrogens is 2. The van der Waals surface area contributed by atoms with Crippen LogP contribution in [-0.4, -0.2) is 29.5 Å². The molecule has 0 radical (unpaired) electrons. The van der Waals surface area contributed by atoms with Gasteiger partial charge in [-0.05, 0) is 30.3 Å². The maximum atomic E-state index is 13.8. The summed E-state index contributed by atoms with van der Waals surface area (Å²) in [7, 11) is 1.74. The Labute approximate surface area is 161 Å². The van der Waals surface area contributed by atoms with Crippen LogP contribution in [0.1, 0.15) is 0 Å². The predicted molar refractivity (Wildman–Crippen MR) is 106 cm³/mol. The quantitative estimate of drug-likeness (QED) is 0.530. The highest BCUT2D eigenvalue weighted by atomic mass is 35.5. The van der Waals surface area contributed by atoms with Crippen LogP contribution in [0.5, 0.6) is 0 Å². The van der Waals surface area contributed by atoms with Crippen LogP contribution in [-0.2, 0) is 4.79 Å². The lowest BCUT2D eigenvalue weighted by atomic mass is 10.3. The van der Waals surface area contributed by atoms with Gasteiger partial charge in [-0.2, -0.15) is 0 Å². The lowest BCUT2D eigenvalue weighted by Gasteiger charge is -2.14. The third kappa shape index (κ3) is 3.35. The van der Waals surface area contributed by atoms with Gasteiger partial charge in [0.15, 0.2) is 10.3 Å². The van der Waals surface area contributed by atoms with Crippen molar-refractivity contribution >= 4 is 70.9 Å². The van der Waals surface area contributed by atoms with Gasteiger partial charge in [-0.1, -0.05) is 40.3 Å². The molecule has 2 aromatic carbocycles. The molecule has 0 atom stereocenters. The molecule has 0 saturated heterocycles. The number of halogens is 2. The van der Waals surface area contributed by atoms with E-state index in [4.69, 9.17) is 11.6 Å². The standard InChI is InChI=1S/C17H12ClFN4OS2/c1-23(17-22-15-10(19)3-2-4-12(15)26-17)8-14(24)21-16-20-11-6-5-9(18)7-13(11)25-16/h2-7H,8H2,1H3,(H,20,21,24). The summed E-state index contributed by atoms with van der Waals surface area (Å²) in [6.45, 7) is 0.0815. The van der Waals surface area contributed by atoms with Gasteiger partial charge in [0.05, 0.1) is 21.5 Å². The summed E-state index contributed by atoms with van der Waals surface area (Å²) >= 11 is 8.67. The van der Waals surface area contributed by atoms with E-state index in [-0.39, 0.29) is 18.3 Å². The zero-order chi connectivity index (χ0) is 18.3. The van der Waals surface area contributed by atoms with E-state index >= 15 is 0 Å². The topological polar surface area (TPSA) is 58.1 Å². The molecule has 1 amide bonds. The van der Waals surface area contributed by atoms with E-state index in [2.05, 4.69) is 15.3 Å². The summed E-state index contributed by atoms with van der Waals surface area (Å²) in [4.78, 5) is 22.6. The average Bonchev–Trinajstić information content (AvgIpc) is 3.18. The van der Waals surface area contributed by atoms with Gasteiger partial charge in [0.25, 0.3) is 0 Å². The number of hydrogen-bond donors (Lipinski definition) is 1. The molecule has 132 valence electrons. The van der Waals surface area contributed by atoms with Gasteiger partial charge in [-0.15, -0.1) is 0 Å². The molecule has 0 saturated carbocycles. The monoisotopic (exact) mass is 406 g/mol. The van der Waals surface area contributed by atoms with Gasteiger partial charge in [0, 0.05) is 12.1 Å². The number of anilines is 2. The van der Waals surface area contributed by atoms with E-state index in [1.165, 1.54) is 28.7 Å². The van der Waals surface area contributed by atoms with Gasteiger partial charge >= 0.3 is 0 Å². The predicted octanol–water partition coefficient (Wildman–Crippen LogP) is 4.77. The summed E-state index contributed by atoms with van der Waals surface area (Å²) in [6.07, 6.45) is 0. The number of benzene rings is 2. The minimum Gasteiger partial charge on any atom is -0.342 e. The van der Waals surface area contributed by atoms with Crippen molar-refractivity contribution in [3.8, 4) is 0 Å². The highest BCUT2D eigenvalue weighted by Gasteiger charge is 2.15. The third-order valence-electron chi connectivity index (χ3n) is 3.66. The molecule has 4 aromatic rings. The van der Waals surface area contributed by atoms with Crippen LogP contribution in [0.4, 0.5) is 14.7 Å². The number of carbonyl (C=O) groups is 1. The summed E-state index contributed by atoms with van der Waals surface area (Å²) in [6, 6.07) is 10.2. The van der Waals surface area contributed by atoms with Gasteiger partial charge in [-0.3, -0.25) is 4.79 Å². The summed E-state index contributed by atoms with van der Waals surface area (Å²) in [5, 5.41) is 4.50. The molecule has 5 nitrogen and oxygen atoms in total. The molecule has 2 aromatic heterocycles. The van der Waals surface area contributed by atoms with E-state index in [0.29, 0.717) is 20.8 Å². The fourth-order valence-electron chi connectivity index (χ4n) is 2.46. The Morgan fingerprint density at radius 3 is 2.88 bits per heavy atom. The Morgan fingerprint density at radius 1 is 1.23 bits per heavy atom. The van der Waals surface area contributed by atoms with Gasteiger partial charge < -0.3 is 10.2 Å². The Balaban J connectivity index is 1.48. The van der Waals surface area contributed by atoms with E-state index in [0.717, 1.165) is 14.9 Å². The second kappa shape index (κ2) is 6.79. The number of amides is 1. The van der Waals surface area contributed by atoms with Crippen molar-refractivity contribution in [2.45, 2.75) is 0 Å². The first-order valence-corrected chi connectivity index (χ1v) is 9.63. The summed E-state index contributed by atoms with van der Waals surface area (Å²) in [5.74, 6) is -0.589. The van der Waals surface area contributed by atoms with Crippen molar-refractivity contribution in [3.63, 3.8) is 0 Å². The van der Waals surface area contributed by atoms with Gasteiger partial charge in [0.2, 0.25) is 5.91 Å². The van der Waals surface area contributed by atoms with Crippen molar-refractivity contribution in [1.29, 1.82) is 0 Å². The molecule has 4 rings (SSSR count). The van der Waals surface area contributed by atoms with Crippen molar-refractivity contribution in [2.75, 3.05) is 23.8 Å². The number of thiazole rings is 2. The minimum atomic E-state index is -0.365. The van der Waals surface area contributed by atoms with Gasteiger partial charge in [0.1, 0.15) is 11.3 Å². The molecular formula is C17H12ClFN4OS2. The lowest BCUT2D eigenvalue weighted by molar-refractivity contribution is -0.114. The molecule has 2 heterocycles. The highest BCUT2D eigenvalue weighted by Crippen LogP contribution is 2.30. The summed E-state index contributed by atoms with van der Waals surface area (Å²) in [5.41, 5.74) is 1.10. The third-order valence-corrected chi connectivity index (χ3v) is 5.97. The molecule has 0 fully saturated rings. The number of nitrogens with one attached hydrogen (secondary N) is 1. The Morgan fingerprint density at radius 2 is 2.08 bits per heavy atom. The molecule has 0 aliphatic heterocycles. The maximum Gasteiger partial charge on any atom is 0.245 e. The SMILES string of the molecule is CN(CC(=O)Nc1nc2ccc(Cl)cc2s1)c1nc2c(F)cccc2s1. The second-order valence-electron chi connectivity index (χ2n) is 5.62. The van der Waals surface area contributed by atoms with Crippen molar-refractivity contribution in [1.82, 2.24) is 9.97 Å². The number of para-hydroxylation sites is 1. The number of likely N-dealkylation sites (N-methyl/N-ethyl adjacent to an activating group) is 1. The van der Waals surface area contributed by atoms with Crippen LogP contribution in [0, 0.1) is 5.82 Å². The molecule has 0 unspecified atom stereocenters. The van der Waals surface area contributed by atoms with Crippen LogP contribution >= 0.6 is 34.3 Å². The smallest absolute Gasteiger partial charge is 0.245 e. The zero-order valence-corrected chi connectivity index (χ0v) is 15.9. The molecular weight excluding hydrogens is 395 g/mol. The first-order chi connectivity index (χ1) is 12.5. The fourth-order valence-corrected chi connectivity index (χ4v) is 4.56. The molecule has 0 spiro atoms. The number of fused-ring (bicyclic) bond motifs is 2. The van der Waals surface area contributed by atoms with E-state index in [1.54, 1.807) is 30.1 Å². The van der Waals surface area contributed by atoms with Gasteiger partial charge in [-0.25, -0.2) is 14.4 Å². The van der Waals surface area contributed by atoms with Crippen molar-refractivity contribution < 1.29 is 9.18 Å². The van der Waals surface area contributed by atoms with Crippen molar-refractivity contribution in [3.05, 3.63) is 47.2 Å². The molecule has 0 bridgehead atoms. The number of nitrogens with zero attached hydrogens (tertiary/aromatic N) is 3. The first kappa shape index (κ1) is 17.1. The van der Waals surface area contributed by atoms with Crippen LogP contribution in [0.3, 0.4) is 0 Å². The molecule has 26 heavy (non-hydrogen) atoms. The highest BCUT2D eigenvalue weighted by molar-refractivity contribution is 7.22. The number of carbonyl (C=O) groups excluding carboxylic acids is 1. The van der Waals surface area contributed by atoms with Crippen LogP contribution in [0.15, 0.2) is 36.4 Å². The van der Waals surface area contributed by atoms with E-state index in [9.17, 15) is 9.18 Å². The van der Waals surface area contributed by atoms with E-state index < -0.39 is 0 Å². The lowest BCUT2D eigenvalue weighted by Crippen LogP contribution is -2.29. The summed E-state index contributed by atoms with van der Waals surface area (Å²) < 4.78 is 15.4. The first-order valence-electron chi connectivity index (χ1n) is 7.62. The molecule has 1 N–H and O–H groups in total. The zero-order valence-electron chi connectivity index (χ0n) is 13.5. The molecule has 0 aliphatic carbocycles. The Kier molecular flexibility index (Phi) is 4.47. The number of rotatable bonds is 4. The molecule has 0 aliphatic rings. The Hall–Kier alpha value is -2.29. The number of hydrogen-bond acceptors (Lipinski definition) is 6. The van der Waals surface area contributed by atoms with Crippen molar-refractivity contribution in [2.24, 2.45) is 0 Å². The van der Waals surface area contributed by atoms with Crippen LogP contribution < -0.4 is 10.2 Å². The van der Waals surface area contributed by atoms with E-state index in [1.807, 2.05) is 12.1 Å². The average molecular weight is 407 g/mol.